The van der Waals surface area contributed by atoms with Gasteiger partial charge in [-0.05, 0) is 32.0 Å². The van der Waals surface area contributed by atoms with Gasteiger partial charge in [0.2, 0.25) is 0 Å². The third-order valence-electron chi connectivity index (χ3n) is 3.15. The lowest BCUT2D eigenvalue weighted by Gasteiger charge is -2.23. The molecule has 0 fully saturated rings. The van der Waals surface area contributed by atoms with E-state index in [0.29, 0.717) is 6.07 Å². The molecule has 0 aliphatic rings. The highest BCUT2D eigenvalue weighted by molar-refractivity contribution is 5.94. The average Bonchev–Trinajstić information content (AvgIpc) is 2.93. The molecule has 0 radical (unpaired) electrons. The highest BCUT2D eigenvalue weighted by Gasteiger charge is 2.23. The molecule has 1 aromatic heterocycles. The molecule has 2 rings (SSSR count). The monoisotopic (exact) mass is 323 g/mol. The molecule has 0 saturated carbocycles. The van der Waals surface area contributed by atoms with Gasteiger partial charge in [0, 0.05) is 18.3 Å². The Bertz CT molecular complexity index is 743. The smallest absolute Gasteiger partial charge is 0.323 e. The van der Waals surface area contributed by atoms with Crippen LogP contribution in [0.2, 0.25) is 0 Å². The fourth-order valence-corrected chi connectivity index (χ4v) is 2.02. The lowest BCUT2D eigenvalue weighted by atomic mass is 10.2. The predicted molar refractivity (Wildman–Crippen MR) is 77.3 cm³/mol. The summed E-state index contributed by atoms with van der Waals surface area (Å²) in [5.41, 5.74) is -0.0385. The summed E-state index contributed by atoms with van der Waals surface area (Å²) in [7, 11) is 0. The Kier molecular flexibility index (Phi) is 4.73. The molecule has 1 aromatic carbocycles. The Labute approximate surface area is 130 Å². The van der Waals surface area contributed by atoms with Gasteiger partial charge < -0.3 is 10.0 Å². The standard InChI is InChI=1S/C15H15F2N3O3/c1-9(2)19(8-14(21)22)15(23)12-5-6-20(18-12)13-4-3-10(16)7-11(13)17/h3-7,9H,8H2,1-2H3,(H,21,22). The van der Waals surface area contributed by atoms with Crippen LogP contribution >= 0.6 is 0 Å². The van der Waals surface area contributed by atoms with Gasteiger partial charge in [-0.15, -0.1) is 0 Å². The lowest BCUT2D eigenvalue weighted by molar-refractivity contribution is -0.138. The molecule has 1 N–H and O–H groups in total. The topological polar surface area (TPSA) is 75.4 Å². The number of benzene rings is 1. The van der Waals surface area contributed by atoms with Crippen LogP contribution in [0.15, 0.2) is 30.5 Å². The molecule has 8 heteroatoms. The van der Waals surface area contributed by atoms with Crippen LogP contribution in [0.4, 0.5) is 8.78 Å². The van der Waals surface area contributed by atoms with E-state index in [4.69, 9.17) is 5.11 Å². The molecule has 2 aromatic rings. The third kappa shape index (κ3) is 3.71. The molecule has 0 saturated heterocycles. The second kappa shape index (κ2) is 6.55. The van der Waals surface area contributed by atoms with Crippen LogP contribution < -0.4 is 0 Å². The average molecular weight is 323 g/mol. The normalized spacial score (nSPS) is 10.8. The summed E-state index contributed by atoms with van der Waals surface area (Å²) >= 11 is 0. The van der Waals surface area contributed by atoms with Crippen LogP contribution in [0.3, 0.4) is 0 Å². The Morgan fingerprint density at radius 3 is 2.57 bits per heavy atom. The van der Waals surface area contributed by atoms with Crippen molar-refractivity contribution in [1.82, 2.24) is 14.7 Å². The zero-order valence-electron chi connectivity index (χ0n) is 12.5. The second-order valence-electron chi connectivity index (χ2n) is 5.16. The summed E-state index contributed by atoms with van der Waals surface area (Å²) in [5, 5.41) is 12.8. The van der Waals surface area contributed by atoms with Crippen molar-refractivity contribution in [1.29, 1.82) is 0 Å². The number of carboxylic acid groups (broad SMARTS) is 1. The molecule has 0 aliphatic heterocycles. The zero-order chi connectivity index (χ0) is 17.1. The van der Waals surface area contributed by atoms with Crippen molar-refractivity contribution >= 4 is 11.9 Å². The van der Waals surface area contributed by atoms with E-state index in [1.165, 1.54) is 18.3 Å². The summed E-state index contributed by atoms with van der Waals surface area (Å²) in [6, 6.07) is 3.99. The van der Waals surface area contributed by atoms with Crippen molar-refractivity contribution in [3.8, 4) is 5.69 Å². The van der Waals surface area contributed by atoms with Crippen molar-refractivity contribution in [2.45, 2.75) is 19.9 Å². The van der Waals surface area contributed by atoms with E-state index >= 15 is 0 Å². The number of carbonyl (C=O) groups excluding carboxylic acids is 1. The summed E-state index contributed by atoms with van der Waals surface area (Å²) in [6.45, 7) is 2.89. The molecule has 0 bridgehead atoms. The summed E-state index contributed by atoms with van der Waals surface area (Å²) in [4.78, 5) is 24.3. The molecule has 6 nitrogen and oxygen atoms in total. The van der Waals surface area contributed by atoms with Gasteiger partial charge >= 0.3 is 5.97 Å². The van der Waals surface area contributed by atoms with Crippen LogP contribution in [-0.2, 0) is 4.79 Å². The molecule has 0 atom stereocenters. The number of carboxylic acids is 1. The number of hydrogen-bond donors (Lipinski definition) is 1. The maximum atomic E-state index is 13.7. The van der Waals surface area contributed by atoms with E-state index in [9.17, 15) is 18.4 Å². The SMILES string of the molecule is CC(C)N(CC(=O)O)C(=O)c1ccn(-c2ccc(F)cc2F)n1. The Hall–Kier alpha value is -2.77. The van der Waals surface area contributed by atoms with Crippen LogP contribution in [-0.4, -0.2) is 44.3 Å². The van der Waals surface area contributed by atoms with Crippen LogP contribution in [0.25, 0.3) is 5.69 Å². The minimum Gasteiger partial charge on any atom is -0.480 e. The first kappa shape index (κ1) is 16.6. The van der Waals surface area contributed by atoms with Crippen LogP contribution in [0.1, 0.15) is 24.3 Å². The fraction of sp³-hybridized carbons (Fsp3) is 0.267. The maximum absolute atomic E-state index is 13.7. The van der Waals surface area contributed by atoms with Gasteiger partial charge in [0.1, 0.15) is 18.0 Å². The first-order valence-corrected chi connectivity index (χ1v) is 6.83. The second-order valence-corrected chi connectivity index (χ2v) is 5.16. The van der Waals surface area contributed by atoms with Crippen LogP contribution in [0, 0.1) is 11.6 Å². The van der Waals surface area contributed by atoms with E-state index in [2.05, 4.69) is 5.10 Å². The molecule has 0 aliphatic carbocycles. The van der Waals surface area contributed by atoms with E-state index < -0.39 is 30.1 Å². The first-order valence-electron chi connectivity index (χ1n) is 6.83. The number of nitrogens with zero attached hydrogens (tertiary/aromatic N) is 3. The first-order chi connectivity index (χ1) is 10.8. The van der Waals surface area contributed by atoms with Crippen molar-refractivity contribution < 1.29 is 23.5 Å². The summed E-state index contributed by atoms with van der Waals surface area (Å²) < 4.78 is 27.8. The largest absolute Gasteiger partial charge is 0.480 e. The minimum atomic E-state index is -1.14. The number of amides is 1. The van der Waals surface area contributed by atoms with E-state index in [0.717, 1.165) is 15.6 Å². The van der Waals surface area contributed by atoms with Crippen molar-refractivity contribution in [3.63, 3.8) is 0 Å². The molecular weight excluding hydrogens is 308 g/mol. The van der Waals surface area contributed by atoms with Gasteiger partial charge in [0.05, 0.1) is 0 Å². The highest BCUT2D eigenvalue weighted by atomic mass is 19.1. The van der Waals surface area contributed by atoms with E-state index in [-0.39, 0.29) is 17.4 Å². The van der Waals surface area contributed by atoms with E-state index in [1.54, 1.807) is 13.8 Å². The Balaban J connectivity index is 2.30. The van der Waals surface area contributed by atoms with Crippen molar-refractivity contribution in [3.05, 3.63) is 47.8 Å². The van der Waals surface area contributed by atoms with Gasteiger partial charge in [0.25, 0.3) is 5.91 Å². The number of halogens is 2. The number of rotatable bonds is 5. The lowest BCUT2D eigenvalue weighted by Crippen LogP contribution is -2.40. The maximum Gasteiger partial charge on any atom is 0.323 e. The van der Waals surface area contributed by atoms with Gasteiger partial charge in [-0.1, -0.05) is 0 Å². The van der Waals surface area contributed by atoms with Crippen molar-refractivity contribution in [2.75, 3.05) is 6.54 Å². The number of aromatic nitrogens is 2. The molecule has 23 heavy (non-hydrogen) atoms. The van der Waals surface area contributed by atoms with Gasteiger partial charge in [-0.25, -0.2) is 13.5 Å². The zero-order valence-corrected chi connectivity index (χ0v) is 12.5. The summed E-state index contributed by atoms with van der Waals surface area (Å²) in [6.07, 6.45) is 1.35. The quantitative estimate of drug-likeness (QED) is 0.914. The molecule has 122 valence electrons. The molecule has 1 amide bonds. The third-order valence-corrected chi connectivity index (χ3v) is 3.15. The Morgan fingerprint density at radius 2 is 2.00 bits per heavy atom. The minimum absolute atomic E-state index is 0.0141. The van der Waals surface area contributed by atoms with Gasteiger partial charge in [-0.3, -0.25) is 9.59 Å². The van der Waals surface area contributed by atoms with Crippen molar-refractivity contribution in [2.24, 2.45) is 0 Å². The van der Waals surface area contributed by atoms with Gasteiger partial charge in [0.15, 0.2) is 11.5 Å². The highest BCUT2D eigenvalue weighted by Crippen LogP contribution is 2.15. The predicted octanol–water partition coefficient (Wildman–Crippen LogP) is 2.09. The molecule has 0 unspecified atom stereocenters. The van der Waals surface area contributed by atoms with Crippen LogP contribution in [0.5, 0.6) is 0 Å². The number of hydrogen-bond acceptors (Lipinski definition) is 3. The molecule has 1 heterocycles. The van der Waals surface area contributed by atoms with Gasteiger partial charge in [-0.2, -0.15) is 5.10 Å². The summed E-state index contributed by atoms with van der Waals surface area (Å²) in [5.74, 6) is -3.26. The molecule has 0 spiro atoms. The molecular formula is C15H15F2N3O3. The number of carbonyl (C=O) groups is 2. The fourth-order valence-electron chi connectivity index (χ4n) is 2.02. The van der Waals surface area contributed by atoms with E-state index in [1.807, 2.05) is 0 Å². The Morgan fingerprint density at radius 1 is 1.30 bits per heavy atom. The number of aliphatic carboxylic acids is 1.